The maximum absolute atomic E-state index is 5.42. The molecular weight excluding hydrogens is 150 g/mol. The van der Waals surface area contributed by atoms with Gasteiger partial charge < -0.3 is 10.1 Å². The molecule has 1 aliphatic rings. The van der Waals surface area contributed by atoms with E-state index >= 15 is 0 Å². The van der Waals surface area contributed by atoms with E-state index in [1.165, 1.54) is 6.42 Å². The molecule has 0 aromatic rings. The first kappa shape index (κ1) is 10.0. The standard InChI is InChI=1S/C10H21NO/c1-5-12-7-9(11-4)8-6-10(8,2)3/h8-9,11H,5-7H2,1-4H3. The first-order valence-electron chi connectivity index (χ1n) is 4.87. The van der Waals surface area contributed by atoms with Gasteiger partial charge in [0.05, 0.1) is 6.61 Å². The lowest BCUT2D eigenvalue weighted by Gasteiger charge is -2.17. The minimum absolute atomic E-state index is 0.546. The van der Waals surface area contributed by atoms with Gasteiger partial charge in [-0.05, 0) is 31.7 Å². The van der Waals surface area contributed by atoms with Gasteiger partial charge >= 0.3 is 0 Å². The van der Waals surface area contributed by atoms with Gasteiger partial charge in [0.25, 0.3) is 0 Å². The molecule has 12 heavy (non-hydrogen) atoms. The molecule has 0 radical (unpaired) electrons. The van der Waals surface area contributed by atoms with Crippen molar-refractivity contribution in [2.75, 3.05) is 20.3 Å². The SMILES string of the molecule is CCOCC(NC)C1CC1(C)C. The van der Waals surface area contributed by atoms with Crippen LogP contribution < -0.4 is 5.32 Å². The molecule has 2 heteroatoms. The van der Waals surface area contributed by atoms with Gasteiger partial charge in [0.15, 0.2) is 0 Å². The van der Waals surface area contributed by atoms with E-state index in [1.807, 2.05) is 14.0 Å². The van der Waals surface area contributed by atoms with Gasteiger partial charge in [0, 0.05) is 12.6 Å². The zero-order chi connectivity index (χ0) is 9.19. The highest BCUT2D eigenvalue weighted by atomic mass is 16.5. The van der Waals surface area contributed by atoms with Crippen molar-refractivity contribution in [2.45, 2.75) is 33.2 Å². The molecule has 0 aromatic heterocycles. The molecule has 0 spiro atoms. The minimum atomic E-state index is 0.546. The highest BCUT2D eigenvalue weighted by Crippen LogP contribution is 2.53. The monoisotopic (exact) mass is 171 g/mol. The number of nitrogens with one attached hydrogen (secondary N) is 1. The van der Waals surface area contributed by atoms with Crippen molar-refractivity contribution in [2.24, 2.45) is 11.3 Å². The van der Waals surface area contributed by atoms with Crippen LogP contribution in [-0.2, 0) is 4.74 Å². The van der Waals surface area contributed by atoms with Crippen molar-refractivity contribution in [3.8, 4) is 0 Å². The van der Waals surface area contributed by atoms with E-state index in [2.05, 4.69) is 19.2 Å². The summed E-state index contributed by atoms with van der Waals surface area (Å²) in [5.74, 6) is 0.814. The zero-order valence-electron chi connectivity index (χ0n) is 8.68. The van der Waals surface area contributed by atoms with Crippen LogP contribution in [0.15, 0.2) is 0 Å². The number of hydrogen-bond acceptors (Lipinski definition) is 2. The molecule has 1 N–H and O–H groups in total. The average molecular weight is 171 g/mol. The van der Waals surface area contributed by atoms with E-state index in [-0.39, 0.29) is 0 Å². The van der Waals surface area contributed by atoms with E-state index in [1.54, 1.807) is 0 Å². The maximum Gasteiger partial charge on any atom is 0.0622 e. The van der Waals surface area contributed by atoms with Gasteiger partial charge in [0.2, 0.25) is 0 Å². The Balaban J connectivity index is 2.27. The molecule has 2 unspecified atom stereocenters. The molecule has 1 rings (SSSR count). The second-order valence-electron chi connectivity index (χ2n) is 4.35. The molecular formula is C10H21NO. The van der Waals surface area contributed by atoms with Crippen LogP contribution in [0.4, 0.5) is 0 Å². The summed E-state index contributed by atoms with van der Waals surface area (Å²) in [5, 5.41) is 3.33. The van der Waals surface area contributed by atoms with Crippen LogP contribution in [0.25, 0.3) is 0 Å². The van der Waals surface area contributed by atoms with Crippen LogP contribution in [-0.4, -0.2) is 26.3 Å². The van der Waals surface area contributed by atoms with Crippen LogP contribution in [0.3, 0.4) is 0 Å². The Labute approximate surface area is 75.7 Å². The third kappa shape index (κ3) is 2.20. The van der Waals surface area contributed by atoms with Crippen LogP contribution in [0.2, 0.25) is 0 Å². The van der Waals surface area contributed by atoms with Gasteiger partial charge in [-0.1, -0.05) is 13.8 Å². The number of likely N-dealkylation sites (N-methyl/N-ethyl adjacent to an activating group) is 1. The van der Waals surface area contributed by atoms with Crippen molar-refractivity contribution < 1.29 is 4.74 Å². The van der Waals surface area contributed by atoms with E-state index in [0.717, 1.165) is 19.1 Å². The van der Waals surface area contributed by atoms with E-state index in [4.69, 9.17) is 4.74 Å². The molecule has 1 saturated carbocycles. The largest absolute Gasteiger partial charge is 0.380 e. The summed E-state index contributed by atoms with van der Waals surface area (Å²) in [6.07, 6.45) is 1.34. The molecule has 0 aromatic carbocycles. The summed E-state index contributed by atoms with van der Waals surface area (Å²) < 4.78 is 5.42. The first-order chi connectivity index (χ1) is 5.61. The fourth-order valence-electron chi connectivity index (χ4n) is 1.84. The van der Waals surface area contributed by atoms with Crippen molar-refractivity contribution in [3.05, 3.63) is 0 Å². The second-order valence-corrected chi connectivity index (χ2v) is 4.35. The minimum Gasteiger partial charge on any atom is -0.380 e. The molecule has 0 bridgehead atoms. The van der Waals surface area contributed by atoms with E-state index in [0.29, 0.717) is 11.5 Å². The normalized spacial score (nSPS) is 28.5. The van der Waals surface area contributed by atoms with E-state index in [9.17, 15) is 0 Å². The lowest BCUT2D eigenvalue weighted by atomic mass is 10.0. The highest BCUT2D eigenvalue weighted by Gasteiger charge is 2.49. The summed E-state index contributed by atoms with van der Waals surface area (Å²) in [6.45, 7) is 8.39. The third-order valence-electron chi connectivity index (χ3n) is 2.95. The van der Waals surface area contributed by atoms with Gasteiger partial charge in [-0.25, -0.2) is 0 Å². The summed E-state index contributed by atoms with van der Waals surface area (Å²) in [5.41, 5.74) is 0.546. The molecule has 0 heterocycles. The van der Waals surface area contributed by atoms with Crippen molar-refractivity contribution >= 4 is 0 Å². The molecule has 0 aliphatic heterocycles. The van der Waals surface area contributed by atoms with Crippen molar-refractivity contribution in [1.82, 2.24) is 5.32 Å². The highest BCUT2D eigenvalue weighted by molar-refractivity contribution is 5.01. The van der Waals surface area contributed by atoms with Crippen LogP contribution >= 0.6 is 0 Å². The predicted molar refractivity (Wildman–Crippen MR) is 51.2 cm³/mol. The molecule has 2 atom stereocenters. The first-order valence-corrected chi connectivity index (χ1v) is 4.87. The van der Waals surface area contributed by atoms with Crippen molar-refractivity contribution in [1.29, 1.82) is 0 Å². The average Bonchev–Trinajstić information content (AvgIpc) is 2.62. The predicted octanol–water partition coefficient (Wildman–Crippen LogP) is 1.66. The van der Waals surface area contributed by atoms with Crippen LogP contribution in [0, 0.1) is 11.3 Å². The van der Waals surface area contributed by atoms with Gasteiger partial charge in [-0.2, -0.15) is 0 Å². The lowest BCUT2D eigenvalue weighted by molar-refractivity contribution is 0.115. The third-order valence-corrected chi connectivity index (χ3v) is 2.95. The summed E-state index contributed by atoms with van der Waals surface area (Å²) in [4.78, 5) is 0. The summed E-state index contributed by atoms with van der Waals surface area (Å²) in [6, 6.07) is 0.556. The topological polar surface area (TPSA) is 21.3 Å². The van der Waals surface area contributed by atoms with Gasteiger partial charge in [-0.15, -0.1) is 0 Å². The smallest absolute Gasteiger partial charge is 0.0622 e. The van der Waals surface area contributed by atoms with Gasteiger partial charge in [-0.3, -0.25) is 0 Å². The molecule has 1 aliphatic carbocycles. The second kappa shape index (κ2) is 3.75. The fourth-order valence-corrected chi connectivity index (χ4v) is 1.84. The lowest BCUT2D eigenvalue weighted by Crippen LogP contribution is -2.34. The van der Waals surface area contributed by atoms with Crippen LogP contribution in [0.1, 0.15) is 27.2 Å². The molecule has 72 valence electrons. The number of rotatable bonds is 5. The Morgan fingerprint density at radius 3 is 2.50 bits per heavy atom. The Morgan fingerprint density at radius 1 is 1.58 bits per heavy atom. The number of ether oxygens (including phenoxy) is 1. The number of hydrogen-bond donors (Lipinski definition) is 1. The Morgan fingerprint density at radius 2 is 2.17 bits per heavy atom. The summed E-state index contributed by atoms with van der Waals surface area (Å²) in [7, 11) is 2.03. The fraction of sp³-hybridized carbons (Fsp3) is 1.00. The summed E-state index contributed by atoms with van der Waals surface area (Å²) >= 11 is 0. The maximum atomic E-state index is 5.42. The molecule has 0 amide bonds. The Hall–Kier alpha value is -0.0800. The molecule has 1 fully saturated rings. The zero-order valence-corrected chi connectivity index (χ0v) is 8.68. The van der Waals surface area contributed by atoms with Gasteiger partial charge in [0.1, 0.15) is 0 Å². The van der Waals surface area contributed by atoms with Crippen molar-refractivity contribution in [3.63, 3.8) is 0 Å². The quantitative estimate of drug-likeness (QED) is 0.679. The molecule has 0 saturated heterocycles. The van der Waals surface area contributed by atoms with Crippen LogP contribution in [0.5, 0.6) is 0 Å². The Kier molecular flexibility index (Phi) is 3.13. The van der Waals surface area contributed by atoms with E-state index < -0.39 is 0 Å². The Bertz CT molecular complexity index is 145. The molecule has 2 nitrogen and oxygen atoms in total.